The number of nitrogens with zero attached hydrogens (tertiary/aromatic N) is 2. The quantitative estimate of drug-likeness (QED) is 0.558. The van der Waals surface area contributed by atoms with Crippen LogP contribution in [0.5, 0.6) is 0 Å². The van der Waals surface area contributed by atoms with Crippen LogP contribution in [0.1, 0.15) is 38.7 Å². The topological polar surface area (TPSA) is 46.4 Å². The second-order valence-electron chi connectivity index (χ2n) is 5.93. The third-order valence-corrected chi connectivity index (χ3v) is 3.97. The molecule has 0 aliphatic heterocycles. The van der Waals surface area contributed by atoms with E-state index < -0.39 is 4.92 Å². The maximum absolute atomic E-state index is 10.9. The van der Waals surface area contributed by atoms with Gasteiger partial charge in [-0.3, -0.25) is 15.0 Å². The normalized spacial score (nSPS) is 15.1. The monoisotopic (exact) mass is 296 g/mol. The van der Waals surface area contributed by atoms with E-state index >= 15 is 0 Å². The van der Waals surface area contributed by atoms with Crippen molar-refractivity contribution in [2.24, 2.45) is 5.92 Å². The Kier molecular flexibility index (Phi) is 5.00. The number of nitro groups is 1. The number of halogens is 1. The molecule has 1 aliphatic rings. The molecule has 0 spiro atoms. The lowest BCUT2D eigenvalue weighted by Gasteiger charge is -2.23. The van der Waals surface area contributed by atoms with Crippen molar-refractivity contribution in [1.82, 2.24) is 4.90 Å². The fraction of sp³-hybridized carbons (Fsp3) is 0.600. The Morgan fingerprint density at radius 2 is 2.15 bits per heavy atom. The highest BCUT2D eigenvalue weighted by Gasteiger charge is 2.29. The first-order valence-corrected chi connectivity index (χ1v) is 7.52. The molecule has 1 aromatic rings. The van der Waals surface area contributed by atoms with Crippen molar-refractivity contribution in [3.8, 4) is 0 Å². The average molecular weight is 297 g/mol. The Morgan fingerprint density at radius 1 is 1.45 bits per heavy atom. The molecule has 0 saturated heterocycles. The average Bonchev–Trinajstić information content (AvgIpc) is 3.20. The number of hydrogen-bond acceptors (Lipinski definition) is 3. The van der Waals surface area contributed by atoms with E-state index in [1.54, 1.807) is 12.1 Å². The van der Waals surface area contributed by atoms with E-state index in [2.05, 4.69) is 18.7 Å². The van der Waals surface area contributed by atoms with Gasteiger partial charge in [-0.25, -0.2) is 0 Å². The van der Waals surface area contributed by atoms with Gasteiger partial charge in [0.1, 0.15) is 5.02 Å². The first kappa shape index (κ1) is 15.3. The molecule has 5 heteroatoms. The minimum absolute atomic E-state index is 0.00349. The van der Waals surface area contributed by atoms with Crippen LogP contribution in [0.2, 0.25) is 5.02 Å². The van der Waals surface area contributed by atoms with E-state index in [0.717, 1.165) is 25.1 Å². The molecule has 1 aliphatic carbocycles. The van der Waals surface area contributed by atoms with E-state index in [1.807, 2.05) is 6.07 Å². The minimum Gasteiger partial charge on any atom is -0.296 e. The summed E-state index contributed by atoms with van der Waals surface area (Å²) in [5, 5.41) is 11.1. The largest absolute Gasteiger partial charge is 0.296 e. The highest BCUT2D eigenvalue weighted by atomic mass is 35.5. The third-order valence-electron chi connectivity index (χ3n) is 3.65. The molecular weight excluding hydrogens is 276 g/mol. The molecule has 0 atom stereocenters. The fourth-order valence-electron chi connectivity index (χ4n) is 2.29. The Morgan fingerprint density at radius 3 is 2.70 bits per heavy atom. The molecule has 0 radical (unpaired) electrons. The van der Waals surface area contributed by atoms with Crippen LogP contribution < -0.4 is 0 Å². The van der Waals surface area contributed by atoms with Crippen molar-refractivity contribution in [3.05, 3.63) is 38.9 Å². The van der Waals surface area contributed by atoms with Crippen LogP contribution in [0.15, 0.2) is 18.2 Å². The highest BCUT2D eigenvalue weighted by Crippen LogP contribution is 2.31. The van der Waals surface area contributed by atoms with Gasteiger partial charge in [0, 0.05) is 18.7 Å². The molecule has 0 bridgehead atoms. The maximum Gasteiger partial charge on any atom is 0.288 e. The SMILES string of the molecule is CC(C)CCN(Cc1ccc(Cl)c([N+](=O)[O-])c1)C1CC1. The molecule has 0 unspecified atom stereocenters. The van der Waals surface area contributed by atoms with Gasteiger partial charge in [0.25, 0.3) is 5.69 Å². The maximum atomic E-state index is 10.9. The van der Waals surface area contributed by atoms with E-state index in [0.29, 0.717) is 12.0 Å². The van der Waals surface area contributed by atoms with Crippen LogP contribution in [0, 0.1) is 16.0 Å². The zero-order valence-electron chi connectivity index (χ0n) is 12.0. The van der Waals surface area contributed by atoms with Crippen molar-refractivity contribution < 1.29 is 4.92 Å². The second-order valence-corrected chi connectivity index (χ2v) is 6.33. The predicted molar refractivity (Wildman–Crippen MR) is 81.0 cm³/mol. The van der Waals surface area contributed by atoms with E-state index in [-0.39, 0.29) is 10.7 Å². The fourth-order valence-corrected chi connectivity index (χ4v) is 2.47. The van der Waals surface area contributed by atoms with Crippen molar-refractivity contribution in [2.45, 2.75) is 45.7 Å². The van der Waals surface area contributed by atoms with Gasteiger partial charge in [0.2, 0.25) is 0 Å². The summed E-state index contributed by atoms with van der Waals surface area (Å²) in [6, 6.07) is 5.78. The van der Waals surface area contributed by atoms with Crippen molar-refractivity contribution in [2.75, 3.05) is 6.54 Å². The summed E-state index contributed by atoms with van der Waals surface area (Å²) in [7, 11) is 0. The summed E-state index contributed by atoms with van der Waals surface area (Å²) in [5.74, 6) is 0.677. The first-order valence-electron chi connectivity index (χ1n) is 7.14. The summed E-state index contributed by atoms with van der Waals surface area (Å²) in [6.45, 7) is 6.27. The molecule has 0 amide bonds. The lowest BCUT2D eigenvalue weighted by molar-refractivity contribution is -0.384. The Balaban J connectivity index is 2.06. The zero-order chi connectivity index (χ0) is 14.7. The van der Waals surface area contributed by atoms with Gasteiger partial charge in [-0.1, -0.05) is 31.5 Å². The molecule has 20 heavy (non-hydrogen) atoms. The molecule has 110 valence electrons. The van der Waals surface area contributed by atoms with E-state index in [4.69, 9.17) is 11.6 Å². The van der Waals surface area contributed by atoms with Crippen molar-refractivity contribution >= 4 is 17.3 Å². The summed E-state index contributed by atoms with van der Waals surface area (Å²) >= 11 is 5.85. The van der Waals surface area contributed by atoms with Crippen LogP contribution in [-0.4, -0.2) is 22.4 Å². The standard InChI is InChI=1S/C15H21ClN2O2/c1-11(2)7-8-17(13-4-5-13)10-12-3-6-14(16)15(9-12)18(19)20/h3,6,9,11,13H,4-5,7-8,10H2,1-2H3. The van der Waals surface area contributed by atoms with Gasteiger partial charge in [0.05, 0.1) is 4.92 Å². The van der Waals surface area contributed by atoms with Crippen LogP contribution >= 0.6 is 11.6 Å². The molecule has 1 fully saturated rings. The third kappa shape index (κ3) is 4.18. The Hall–Kier alpha value is -1.13. The van der Waals surface area contributed by atoms with Crippen LogP contribution in [0.4, 0.5) is 5.69 Å². The van der Waals surface area contributed by atoms with Gasteiger partial charge in [0.15, 0.2) is 0 Å². The number of benzene rings is 1. The Labute approximate surface area is 124 Å². The van der Waals surface area contributed by atoms with Gasteiger partial charge in [-0.05, 0) is 43.4 Å². The van der Waals surface area contributed by atoms with Gasteiger partial charge in [-0.2, -0.15) is 0 Å². The lowest BCUT2D eigenvalue weighted by atomic mass is 10.1. The summed E-state index contributed by atoms with van der Waals surface area (Å²) in [4.78, 5) is 13.0. The van der Waals surface area contributed by atoms with E-state index in [9.17, 15) is 10.1 Å². The molecule has 4 nitrogen and oxygen atoms in total. The van der Waals surface area contributed by atoms with Gasteiger partial charge in [-0.15, -0.1) is 0 Å². The number of nitro benzene ring substituents is 1. The van der Waals surface area contributed by atoms with E-state index in [1.165, 1.54) is 12.8 Å². The first-order chi connectivity index (χ1) is 9.47. The minimum atomic E-state index is -0.415. The molecule has 1 saturated carbocycles. The van der Waals surface area contributed by atoms with Gasteiger partial charge >= 0.3 is 0 Å². The van der Waals surface area contributed by atoms with Crippen molar-refractivity contribution in [1.29, 1.82) is 0 Å². The molecule has 2 rings (SSSR count). The predicted octanol–water partition coefficient (Wildman–Crippen LogP) is 4.26. The van der Waals surface area contributed by atoms with Gasteiger partial charge < -0.3 is 0 Å². The molecule has 1 aromatic carbocycles. The van der Waals surface area contributed by atoms with Crippen LogP contribution in [0.3, 0.4) is 0 Å². The summed E-state index contributed by atoms with van der Waals surface area (Å²) in [5.41, 5.74) is 0.973. The van der Waals surface area contributed by atoms with Crippen LogP contribution in [-0.2, 0) is 6.54 Å². The number of rotatable bonds is 7. The van der Waals surface area contributed by atoms with Crippen molar-refractivity contribution in [3.63, 3.8) is 0 Å². The Bertz CT molecular complexity index is 487. The summed E-state index contributed by atoms with van der Waals surface area (Å²) < 4.78 is 0. The number of hydrogen-bond donors (Lipinski definition) is 0. The lowest BCUT2D eigenvalue weighted by Crippen LogP contribution is -2.27. The zero-order valence-corrected chi connectivity index (χ0v) is 12.8. The molecule has 0 N–H and O–H groups in total. The molecule has 0 heterocycles. The second kappa shape index (κ2) is 6.55. The van der Waals surface area contributed by atoms with Crippen LogP contribution in [0.25, 0.3) is 0 Å². The molecular formula is C15H21ClN2O2. The summed E-state index contributed by atoms with van der Waals surface area (Å²) in [6.07, 6.45) is 3.65. The highest BCUT2D eigenvalue weighted by molar-refractivity contribution is 6.32. The smallest absolute Gasteiger partial charge is 0.288 e. The molecule has 0 aromatic heterocycles.